The van der Waals surface area contributed by atoms with E-state index in [4.69, 9.17) is 17.6 Å². The molecule has 47 heavy (non-hydrogen) atoms. The molecule has 0 amide bonds. The topological polar surface area (TPSA) is 83.8 Å². The lowest BCUT2D eigenvalue weighted by atomic mass is 9.50. The van der Waals surface area contributed by atoms with Crippen molar-refractivity contribution in [3.8, 4) is 30.4 Å². The number of terminal acetylenes is 2. The van der Waals surface area contributed by atoms with E-state index in [0.29, 0.717) is 59.4 Å². The number of ether oxygens (including phenoxy) is 1. The minimum absolute atomic E-state index is 0.111. The van der Waals surface area contributed by atoms with E-state index >= 15 is 0 Å². The largest absolute Gasteiger partial charge is 0.508 e. The molecule has 0 saturated heterocycles. The van der Waals surface area contributed by atoms with Gasteiger partial charge in [0.15, 0.2) is 11.4 Å². The summed E-state index contributed by atoms with van der Waals surface area (Å²) in [7, 11) is 0. The van der Waals surface area contributed by atoms with Crippen molar-refractivity contribution in [2.45, 2.75) is 128 Å². The van der Waals surface area contributed by atoms with E-state index in [2.05, 4.69) is 31.8 Å². The van der Waals surface area contributed by atoms with E-state index in [0.717, 1.165) is 83.5 Å². The number of aliphatic hydroxyl groups is 1. The Morgan fingerprint density at radius 3 is 2.30 bits per heavy atom. The molecule has 1 aromatic rings. The van der Waals surface area contributed by atoms with Crippen LogP contribution in [0.3, 0.4) is 0 Å². The van der Waals surface area contributed by atoms with Gasteiger partial charge in [-0.2, -0.15) is 0 Å². The second-order valence-electron chi connectivity index (χ2n) is 16.7. The van der Waals surface area contributed by atoms with Gasteiger partial charge in [-0.05, 0) is 154 Å². The molecule has 0 spiro atoms. The number of hydrogen-bond donors (Lipinski definition) is 2. The van der Waals surface area contributed by atoms with Crippen molar-refractivity contribution in [3.05, 3.63) is 41.0 Å². The third-order valence-electron chi connectivity index (χ3n) is 15.1. The zero-order valence-corrected chi connectivity index (χ0v) is 28.5. The Kier molecular flexibility index (Phi) is 7.99. The lowest BCUT2D eigenvalue weighted by molar-refractivity contribution is -0.167. The molecular weight excluding hydrogens is 584 g/mol. The first-order chi connectivity index (χ1) is 22.4. The van der Waals surface area contributed by atoms with Gasteiger partial charge in [-0.1, -0.05) is 37.3 Å². The number of aromatic hydroxyl groups is 1. The molecule has 0 aliphatic heterocycles. The third kappa shape index (κ3) is 4.85. The summed E-state index contributed by atoms with van der Waals surface area (Å²) in [5.74, 6) is 10.2. The SMILES string of the molecule is C#CC1(OC(C)=O)CCC2C3CCC4=CC(=O)CCC4C3CCC21C.C#C[C@]1(O)CC[C@H]2[C@@H]3CCc4cc(O)ccc4[C@H]3CC[C@@]21C. The van der Waals surface area contributed by atoms with Crippen LogP contribution in [0.1, 0.15) is 121 Å². The summed E-state index contributed by atoms with van der Waals surface area (Å²) in [6.07, 6.45) is 27.6. The lowest BCUT2D eigenvalue weighted by Gasteiger charge is -2.55. The monoisotopic (exact) mass is 636 g/mol. The fourth-order valence-electron chi connectivity index (χ4n) is 12.7. The first-order valence-corrected chi connectivity index (χ1v) is 18.3. The number of aryl methyl sites for hydroxylation is 1. The molecule has 5 nitrogen and oxygen atoms in total. The van der Waals surface area contributed by atoms with Crippen LogP contribution in [-0.2, 0) is 20.7 Å². The Labute approximate surface area is 281 Å². The highest BCUT2D eigenvalue weighted by atomic mass is 16.6. The van der Waals surface area contributed by atoms with Gasteiger partial charge in [0.05, 0.1) is 0 Å². The fourth-order valence-corrected chi connectivity index (χ4v) is 12.7. The number of carbonyl (C=O) groups is 2. The van der Waals surface area contributed by atoms with E-state index in [1.165, 1.54) is 23.6 Å². The summed E-state index contributed by atoms with van der Waals surface area (Å²) in [6, 6.07) is 5.87. The molecule has 7 aliphatic carbocycles. The average Bonchev–Trinajstić information content (AvgIpc) is 3.50. The van der Waals surface area contributed by atoms with Crippen molar-refractivity contribution < 1.29 is 24.5 Å². The molecule has 1 aromatic carbocycles. The molecule has 250 valence electrons. The van der Waals surface area contributed by atoms with Crippen molar-refractivity contribution >= 4 is 11.8 Å². The molecule has 0 radical (unpaired) electrons. The number of phenols is 1. The van der Waals surface area contributed by atoms with E-state index in [1.807, 2.05) is 18.2 Å². The smallest absolute Gasteiger partial charge is 0.304 e. The first-order valence-electron chi connectivity index (χ1n) is 18.3. The second kappa shape index (κ2) is 11.6. The average molecular weight is 637 g/mol. The maximum Gasteiger partial charge on any atom is 0.304 e. The number of fused-ring (bicyclic) bond motifs is 10. The Balaban J connectivity index is 0.000000151. The van der Waals surface area contributed by atoms with Crippen molar-refractivity contribution in [1.82, 2.24) is 0 Å². The van der Waals surface area contributed by atoms with Gasteiger partial charge in [-0.25, -0.2) is 0 Å². The molecular formula is C42H52O5. The summed E-state index contributed by atoms with van der Waals surface area (Å²) in [6.45, 7) is 5.95. The normalized spacial score (nSPS) is 44.3. The van der Waals surface area contributed by atoms with Gasteiger partial charge >= 0.3 is 5.97 Å². The first kappa shape index (κ1) is 32.5. The van der Waals surface area contributed by atoms with Crippen molar-refractivity contribution in [2.24, 2.45) is 46.3 Å². The van der Waals surface area contributed by atoms with Crippen LogP contribution in [0.4, 0.5) is 0 Å². The summed E-state index contributed by atoms with van der Waals surface area (Å²) in [5, 5.41) is 20.6. The third-order valence-corrected chi connectivity index (χ3v) is 15.1. The predicted octanol–water partition coefficient (Wildman–Crippen LogP) is 7.68. The van der Waals surface area contributed by atoms with Gasteiger partial charge in [0, 0.05) is 24.2 Å². The van der Waals surface area contributed by atoms with Crippen LogP contribution in [0.5, 0.6) is 5.75 Å². The van der Waals surface area contributed by atoms with E-state index in [9.17, 15) is 19.8 Å². The van der Waals surface area contributed by atoms with Gasteiger partial charge in [0.25, 0.3) is 0 Å². The Hall–Kier alpha value is -3.02. The molecule has 5 saturated carbocycles. The Morgan fingerprint density at radius 2 is 1.55 bits per heavy atom. The van der Waals surface area contributed by atoms with Gasteiger partial charge in [-0.15, -0.1) is 12.8 Å². The quantitative estimate of drug-likeness (QED) is 0.244. The molecule has 0 aromatic heterocycles. The second-order valence-corrected chi connectivity index (χ2v) is 16.7. The van der Waals surface area contributed by atoms with Gasteiger partial charge in [-0.3, -0.25) is 9.59 Å². The van der Waals surface area contributed by atoms with Gasteiger partial charge in [0.1, 0.15) is 11.4 Å². The van der Waals surface area contributed by atoms with Crippen molar-refractivity contribution in [3.63, 3.8) is 0 Å². The number of ketones is 1. The lowest BCUT2D eigenvalue weighted by Crippen LogP contribution is -2.53. The number of carbonyl (C=O) groups excluding carboxylic acids is 2. The Bertz CT molecular complexity index is 1580. The van der Waals surface area contributed by atoms with Crippen LogP contribution in [0.25, 0.3) is 0 Å². The maximum atomic E-state index is 11.8. The molecule has 0 heterocycles. The van der Waals surface area contributed by atoms with Crippen LogP contribution >= 0.6 is 0 Å². The number of phenolic OH excluding ortho intramolecular Hbond substituents is 1. The molecule has 0 bridgehead atoms. The highest BCUT2D eigenvalue weighted by Crippen LogP contribution is 2.66. The standard InChI is InChI=1S/C22H28O3.C20H24O2/c1-4-22(25-14(2)23)12-10-20-19-7-5-15-13-16(24)6-8-17(15)18(19)9-11-21(20,22)3;1-3-20(22)11-9-18-17-6-4-13-12-14(21)5-7-15(13)16(17)8-10-19(18,20)2/h1,13,17-20H,5-12H2,2-3H3;1,5,7,12,16-18,21-22H,4,6,8-11H2,2H3/t;16-,17-,18+,19+,20+/m.1/s1. The number of benzene rings is 1. The summed E-state index contributed by atoms with van der Waals surface area (Å²) in [4.78, 5) is 23.5. The van der Waals surface area contributed by atoms with Crippen LogP contribution in [0.15, 0.2) is 29.8 Å². The van der Waals surface area contributed by atoms with E-state index in [-0.39, 0.29) is 16.8 Å². The molecule has 11 atom stereocenters. The van der Waals surface area contributed by atoms with E-state index < -0.39 is 11.2 Å². The highest BCUT2D eigenvalue weighted by Gasteiger charge is 2.64. The maximum absolute atomic E-state index is 11.8. The van der Waals surface area contributed by atoms with Crippen molar-refractivity contribution in [1.29, 1.82) is 0 Å². The minimum Gasteiger partial charge on any atom is -0.508 e. The highest BCUT2D eigenvalue weighted by molar-refractivity contribution is 5.91. The minimum atomic E-state index is -0.919. The molecule has 5 heteroatoms. The van der Waals surface area contributed by atoms with E-state index in [1.54, 1.807) is 0 Å². The van der Waals surface area contributed by atoms with Crippen LogP contribution in [0.2, 0.25) is 0 Å². The fraction of sp³-hybridized carbons (Fsp3) is 0.667. The number of esters is 1. The number of allylic oxidation sites excluding steroid dienone is 1. The zero-order valence-electron chi connectivity index (χ0n) is 28.5. The molecule has 7 aliphatic rings. The number of rotatable bonds is 1. The Morgan fingerprint density at radius 1 is 0.830 bits per heavy atom. The number of hydrogen-bond acceptors (Lipinski definition) is 5. The van der Waals surface area contributed by atoms with Gasteiger partial charge in [0.2, 0.25) is 0 Å². The van der Waals surface area contributed by atoms with Crippen LogP contribution in [-0.4, -0.2) is 33.2 Å². The molecule has 2 N–H and O–H groups in total. The van der Waals surface area contributed by atoms with Crippen LogP contribution < -0.4 is 0 Å². The summed E-state index contributed by atoms with van der Waals surface area (Å²) >= 11 is 0. The molecule has 6 unspecified atom stereocenters. The zero-order chi connectivity index (χ0) is 33.4. The van der Waals surface area contributed by atoms with Crippen LogP contribution in [0, 0.1) is 71.0 Å². The van der Waals surface area contributed by atoms with Gasteiger partial charge < -0.3 is 14.9 Å². The molecule has 5 fully saturated rings. The summed E-state index contributed by atoms with van der Waals surface area (Å²) in [5.41, 5.74) is 2.26. The predicted molar refractivity (Wildman–Crippen MR) is 182 cm³/mol. The summed E-state index contributed by atoms with van der Waals surface area (Å²) < 4.78 is 5.79. The molecule has 8 rings (SSSR count). The van der Waals surface area contributed by atoms with Crippen molar-refractivity contribution in [2.75, 3.05) is 0 Å².